The van der Waals surface area contributed by atoms with Gasteiger partial charge in [0.15, 0.2) is 0 Å². The van der Waals surface area contributed by atoms with Crippen LogP contribution in [0.5, 0.6) is 5.75 Å². The monoisotopic (exact) mass is 247 g/mol. The number of benzene rings is 1. The molecule has 1 aromatic carbocycles. The predicted molar refractivity (Wildman–Crippen MR) is 72.1 cm³/mol. The van der Waals surface area contributed by atoms with Crippen molar-refractivity contribution < 1.29 is 9.53 Å². The smallest absolute Gasteiger partial charge is 0.150 e. The minimum atomic E-state index is 0.189. The van der Waals surface area contributed by atoms with Crippen LogP contribution >= 0.6 is 0 Å². The first-order valence-electron chi connectivity index (χ1n) is 6.59. The number of piperidine rings is 1. The van der Waals surface area contributed by atoms with Gasteiger partial charge in [0.05, 0.1) is 6.10 Å². The topological polar surface area (TPSA) is 29.5 Å². The Morgan fingerprint density at radius 2 is 2.33 bits per heavy atom. The zero-order valence-corrected chi connectivity index (χ0v) is 11.1. The third-order valence-electron chi connectivity index (χ3n) is 3.64. The standard InChI is InChI=1S/C15H21NO2/c1-12(14-6-4-8-16(2)10-14)18-15-7-3-5-13(9-15)11-17/h3,5,7,9,11-12,14H,4,6,8,10H2,1-2H3. The molecule has 2 unspecified atom stereocenters. The molecule has 0 aromatic heterocycles. The molecule has 0 saturated carbocycles. The van der Waals surface area contributed by atoms with Crippen molar-refractivity contribution >= 4 is 6.29 Å². The van der Waals surface area contributed by atoms with Crippen molar-refractivity contribution in [2.45, 2.75) is 25.9 Å². The van der Waals surface area contributed by atoms with Gasteiger partial charge in [-0.1, -0.05) is 12.1 Å². The molecule has 0 radical (unpaired) electrons. The van der Waals surface area contributed by atoms with E-state index in [1.807, 2.05) is 12.1 Å². The summed E-state index contributed by atoms with van der Waals surface area (Å²) in [6.07, 6.45) is 3.50. The molecule has 18 heavy (non-hydrogen) atoms. The van der Waals surface area contributed by atoms with E-state index < -0.39 is 0 Å². The lowest BCUT2D eigenvalue weighted by Gasteiger charge is -2.33. The van der Waals surface area contributed by atoms with Crippen molar-refractivity contribution in [3.63, 3.8) is 0 Å². The number of nitrogens with zero attached hydrogens (tertiary/aromatic N) is 1. The van der Waals surface area contributed by atoms with E-state index >= 15 is 0 Å². The van der Waals surface area contributed by atoms with E-state index in [-0.39, 0.29) is 6.10 Å². The van der Waals surface area contributed by atoms with Gasteiger partial charge in [0.1, 0.15) is 12.0 Å². The zero-order valence-electron chi connectivity index (χ0n) is 11.1. The van der Waals surface area contributed by atoms with Crippen LogP contribution in [0.3, 0.4) is 0 Å². The number of carbonyl (C=O) groups is 1. The summed E-state index contributed by atoms with van der Waals surface area (Å²) in [6.45, 7) is 4.40. The van der Waals surface area contributed by atoms with E-state index in [1.54, 1.807) is 12.1 Å². The van der Waals surface area contributed by atoms with Crippen molar-refractivity contribution in [1.29, 1.82) is 0 Å². The Hall–Kier alpha value is -1.35. The van der Waals surface area contributed by atoms with Crippen molar-refractivity contribution in [3.05, 3.63) is 29.8 Å². The van der Waals surface area contributed by atoms with Crippen LogP contribution in [-0.4, -0.2) is 37.4 Å². The summed E-state index contributed by atoms with van der Waals surface area (Å²) in [6, 6.07) is 7.36. The van der Waals surface area contributed by atoms with E-state index in [0.717, 1.165) is 18.6 Å². The van der Waals surface area contributed by atoms with Crippen LogP contribution in [0, 0.1) is 5.92 Å². The maximum Gasteiger partial charge on any atom is 0.150 e. The summed E-state index contributed by atoms with van der Waals surface area (Å²) in [5, 5.41) is 0. The summed E-state index contributed by atoms with van der Waals surface area (Å²) in [5.74, 6) is 1.36. The molecule has 1 aromatic rings. The number of likely N-dealkylation sites (tertiary alicyclic amines) is 1. The Labute approximate surface area is 109 Å². The van der Waals surface area contributed by atoms with E-state index in [4.69, 9.17) is 4.74 Å². The highest BCUT2D eigenvalue weighted by Gasteiger charge is 2.24. The lowest BCUT2D eigenvalue weighted by Crippen LogP contribution is -2.39. The maximum absolute atomic E-state index is 10.7. The molecular formula is C15H21NO2. The largest absolute Gasteiger partial charge is 0.490 e. The van der Waals surface area contributed by atoms with Crippen LogP contribution in [0.1, 0.15) is 30.1 Å². The van der Waals surface area contributed by atoms with Crippen molar-refractivity contribution in [2.75, 3.05) is 20.1 Å². The number of hydrogen-bond acceptors (Lipinski definition) is 3. The fourth-order valence-electron chi connectivity index (χ4n) is 2.56. The van der Waals surface area contributed by atoms with Crippen LogP contribution in [0.2, 0.25) is 0 Å². The van der Waals surface area contributed by atoms with Crippen molar-refractivity contribution in [3.8, 4) is 5.75 Å². The second kappa shape index (κ2) is 6.01. The van der Waals surface area contributed by atoms with Gasteiger partial charge in [0.2, 0.25) is 0 Å². The maximum atomic E-state index is 10.7. The van der Waals surface area contributed by atoms with Crippen LogP contribution < -0.4 is 4.74 Å². The van der Waals surface area contributed by atoms with Crippen LogP contribution in [0.15, 0.2) is 24.3 Å². The van der Waals surface area contributed by atoms with Gasteiger partial charge in [0, 0.05) is 18.0 Å². The fraction of sp³-hybridized carbons (Fsp3) is 0.533. The summed E-state index contributed by atoms with van der Waals surface area (Å²) >= 11 is 0. The molecule has 1 aliphatic rings. The number of aldehydes is 1. The number of rotatable bonds is 4. The summed E-state index contributed by atoms with van der Waals surface area (Å²) < 4.78 is 5.96. The molecule has 1 aliphatic heterocycles. The number of ether oxygens (including phenoxy) is 1. The molecule has 98 valence electrons. The molecule has 1 heterocycles. The minimum Gasteiger partial charge on any atom is -0.490 e. The van der Waals surface area contributed by atoms with E-state index in [2.05, 4.69) is 18.9 Å². The lowest BCUT2D eigenvalue weighted by molar-refractivity contribution is 0.0899. The van der Waals surface area contributed by atoms with Gasteiger partial charge in [-0.2, -0.15) is 0 Å². The third-order valence-corrected chi connectivity index (χ3v) is 3.64. The first kappa shape index (κ1) is 13.1. The molecule has 2 atom stereocenters. The average Bonchev–Trinajstić information content (AvgIpc) is 2.39. The molecule has 0 N–H and O–H groups in total. The van der Waals surface area contributed by atoms with Gasteiger partial charge in [-0.3, -0.25) is 4.79 Å². The van der Waals surface area contributed by atoms with E-state index in [0.29, 0.717) is 11.5 Å². The van der Waals surface area contributed by atoms with E-state index in [1.165, 1.54) is 19.4 Å². The van der Waals surface area contributed by atoms with Gasteiger partial charge >= 0.3 is 0 Å². The SMILES string of the molecule is CC(Oc1cccc(C=O)c1)C1CCCN(C)C1. The predicted octanol–water partition coefficient (Wildman–Crippen LogP) is 2.61. The Bertz CT molecular complexity index is 405. The first-order chi connectivity index (χ1) is 8.69. The summed E-state index contributed by atoms with van der Waals surface area (Å²) in [4.78, 5) is 13.1. The third kappa shape index (κ3) is 3.33. The molecule has 0 amide bonds. The Balaban J connectivity index is 1.97. The normalized spacial score (nSPS) is 22.4. The lowest BCUT2D eigenvalue weighted by atomic mass is 9.93. The molecule has 0 spiro atoms. The molecular weight excluding hydrogens is 226 g/mol. The average molecular weight is 247 g/mol. The highest BCUT2D eigenvalue weighted by Crippen LogP contribution is 2.23. The van der Waals surface area contributed by atoms with Crippen molar-refractivity contribution in [2.24, 2.45) is 5.92 Å². The molecule has 3 heteroatoms. The molecule has 3 nitrogen and oxygen atoms in total. The van der Waals surface area contributed by atoms with Gasteiger partial charge in [-0.15, -0.1) is 0 Å². The van der Waals surface area contributed by atoms with Gasteiger partial charge < -0.3 is 9.64 Å². The van der Waals surface area contributed by atoms with Crippen molar-refractivity contribution in [1.82, 2.24) is 4.90 Å². The molecule has 1 fully saturated rings. The molecule has 0 bridgehead atoms. The molecule has 0 aliphatic carbocycles. The fourth-order valence-corrected chi connectivity index (χ4v) is 2.56. The van der Waals surface area contributed by atoms with E-state index in [9.17, 15) is 4.79 Å². The van der Waals surface area contributed by atoms with Crippen LogP contribution in [0.25, 0.3) is 0 Å². The number of hydrogen-bond donors (Lipinski definition) is 0. The Morgan fingerprint density at radius 1 is 1.50 bits per heavy atom. The second-order valence-electron chi connectivity index (χ2n) is 5.18. The van der Waals surface area contributed by atoms with Gasteiger partial charge in [-0.05, 0) is 45.5 Å². The number of carbonyl (C=O) groups excluding carboxylic acids is 1. The van der Waals surface area contributed by atoms with Crippen LogP contribution in [-0.2, 0) is 0 Å². The van der Waals surface area contributed by atoms with Gasteiger partial charge in [-0.25, -0.2) is 0 Å². The second-order valence-corrected chi connectivity index (χ2v) is 5.18. The molecule has 2 rings (SSSR count). The highest BCUT2D eigenvalue weighted by molar-refractivity contribution is 5.75. The summed E-state index contributed by atoms with van der Waals surface area (Å²) in [7, 11) is 2.16. The Kier molecular flexibility index (Phi) is 4.37. The summed E-state index contributed by atoms with van der Waals surface area (Å²) in [5.41, 5.74) is 0.667. The van der Waals surface area contributed by atoms with Crippen LogP contribution in [0.4, 0.5) is 0 Å². The highest BCUT2D eigenvalue weighted by atomic mass is 16.5. The Morgan fingerprint density at radius 3 is 3.06 bits per heavy atom. The molecule has 1 saturated heterocycles. The van der Waals surface area contributed by atoms with Gasteiger partial charge in [0.25, 0.3) is 0 Å². The zero-order chi connectivity index (χ0) is 13.0. The quantitative estimate of drug-likeness (QED) is 0.766. The first-order valence-corrected chi connectivity index (χ1v) is 6.59. The minimum absolute atomic E-state index is 0.189.